The molecule has 1 N–H and O–H groups in total. The molecular weight excluding hydrogens is 282 g/mol. The normalized spacial score (nSPS) is 22.2. The van der Waals surface area contributed by atoms with Gasteiger partial charge in [-0.2, -0.15) is 5.26 Å². The zero-order valence-corrected chi connectivity index (χ0v) is 12.4. The van der Waals surface area contributed by atoms with Crippen LogP contribution in [-0.2, 0) is 9.53 Å². The number of ether oxygens (including phenoxy) is 1. The first-order valence-electron chi connectivity index (χ1n) is 7.50. The number of hydrogen-bond acceptors (Lipinski definition) is 6. The van der Waals surface area contributed by atoms with Crippen molar-refractivity contribution in [1.29, 1.82) is 5.26 Å². The summed E-state index contributed by atoms with van der Waals surface area (Å²) in [5.41, 5.74) is 0.555. The fourth-order valence-corrected chi connectivity index (χ4v) is 2.72. The summed E-state index contributed by atoms with van der Waals surface area (Å²) >= 11 is 0. The number of rotatable bonds is 2. The number of carbonyl (C=O) groups is 1. The van der Waals surface area contributed by atoms with Gasteiger partial charge in [0.2, 0.25) is 0 Å². The largest absolute Gasteiger partial charge is 0.366 e. The van der Waals surface area contributed by atoms with Crippen molar-refractivity contribution in [1.82, 2.24) is 15.2 Å². The highest BCUT2D eigenvalue weighted by molar-refractivity contribution is 5.81. The van der Waals surface area contributed by atoms with E-state index in [2.05, 4.69) is 21.3 Å². The zero-order chi connectivity index (χ0) is 15.4. The van der Waals surface area contributed by atoms with Gasteiger partial charge >= 0.3 is 0 Å². The Morgan fingerprint density at radius 1 is 1.36 bits per heavy atom. The lowest BCUT2D eigenvalue weighted by molar-refractivity contribution is -0.145. The molecule has 0 aliphatic carbocycles. The first kappa shape index (κ1) is 14.8. The first-order chi connectivity index (χ1) is 10.8. The monoisotopic (exact) mass is 301 g/mol. The molecule has 0 unspecified atom stereocenters. The van der Waals surface area contributed by atoms with Gasteiger partial charge in [-0.3, -0.25) is 4.79 Å². The van der Waals surface area contributed by atoms with E-state index in [0.717, 1.165) is 25.5 Å². The van der Waals surface area contributed by atoms with E-state index in [1.165, 1.54) is 0 Å². The van der Waals surface area contributed by atoms with Gasteiger partial charge in [0, 0.05) is 45.5 Å². The number of nitrogens with one attached hydrogen (secondary N) is 1. The summed E-state index contributed by atoms with van der Waals surface area (Å²) in [6, 6.07) is 5.68. The van der Waals surface area contributed by atoms with Crippen LogP contribution in [0, 0.1) is 11.3 Å². The Kier molecular flexibility index (Phi) is 4.51. The van der Waals surface area contributed by atoms with E-state index in [4.69, 9.17) is 10.00 Å². The number of piperazine rings is 1. The second-order valence-corrected chi connectivity index (χ2v) is 5.39. The van der Waals surface area contributed by atoms with Crippen LogP contribution in [0.1, 0.15) is 5.56 Å². The molecule has 0 spiro atoms. The molecule has 1 aromatic heterocycles. The van der Waals surface area contributed by atoms with Gasteiger partial charge in [-0.25, -0.2) is 4.98 Å². The second kappa shape index (κ2) is 6.73. The molecule has 1 amide bonds. The Hall–Kier alpha value is -2.17. The van der Waals surface area contributed by atoms with Crippen molar-refractivity contribution in [2.24, 2.45) is 0 Å². The van der Waals surface area contributed by atoms with Gasteiger partial charge in [0.05, 0.1) is 12.2 Å². The summed E-state index contributed by atoms with van der Waals surface area (Å²) in [4.78, 5) is 20.7. The Balaban J connectivity index is 1.55. The van der Waals surface area contributed by atoms with Gasteiger partial charge in [0.15, 0.2) is 0 Å². The molecule has 22 heavy (non-hydrogen) atoms. The molecule has 3 rings (SSSR count). The molecule has 2 saturated heterocycles. The van der Waals surface area contributed by atoms with Crippen LogP contribution < -0.4 is 10.2 Å². The fraction of sp³-hybridized carbons (Fsp3) is 0.533. The van der Waals surface area contributed by atoms with Crippen LogP contribution in [0.2, 0.25) is 0 Å². The maximum Gasteiger partial charge on any atom is 0.253 e. The molecule has 2 aliphatic rings. The molecule has 3 heterocycles. The third kappa shape index (κ3) is 3.18. The van der Waals surface area contributed by atoms with Crippen molar-refractivity contribution in [3.8, 4) is 6.07 Å². The van der Waals surface area contributed by atoms with E-state index in [9.17, 15) is 4.79 Å². The molecule has 0 bridgehead atoms. The van der Waals surface area contributed by atoms with Gasteiger partial charge in [-0.05, 0) is 12.1 Å². The summed E-state index contributed by atoms with van der Waals surface area (Å²) in [6.45, 7) is 4.81. The maximum atomic E-state index is 12.4. The number of nitriles is 1. The van der Waals surface area contributed by atoms with E-state index in [1.54, 1.807) is 12.3 Å². The van der Waals surface area contributed by atoms with Gasteiger partial charge in [-0.15, -0.1) is 0 Å². The lowest BCUT2D eigenvalue weighted by Crippen LogP contribution is -2.55. The summed E-state index contributed by atoms with van der Waals surface area (Å²) in [6.07, 6.45) is 1.22. The molecule has 7 heteroatoms. The topological polar surface area (TPSA) is 81.5 Å². The molecule has 2 aliphatic heterocycles. The summed E-state index contributed by atoms with van der Waals surface area (Å²) in [5, 5.41) is 12.0. The SMILES string of the molecule is N#Cc1ccc(N2CCN(C(=O)[C@@H]3CNCCO3)CC2)nc1. The van der Waals surface area contributed by atoms with Crippen LogP contribution >= 0.6 is 0 Å². The standard InChI is InChI=1S/C15H19N5O2/c16-9-12-1-2-14(18-10-12)19-4-6-20(7-5-19)15(21)13-11-17-3-8-22-13/h1-2,10,13,17H,3-8,11H2/t13-/m0/s1. The predicted octanol–water partition coefficient (Wildman–Crippen LogP) is -0.410. The van der Waals surface area contributed by atoms with Gasteiger partial charge in [-0.1, -0.05) is 0 Å². The number of carbonyl (C=O) groups excluding carboxylic acids is 1. The number of nitrogens with zero attached hydrogens (tertiary/aromatic N) is 4. The molecular formula is C15H19N5O2. The predicted molar refractivity (Wildman–Crippen MR) is 80.4 cm³/mol. The number of amides is 1. The van der Waals surface area contributed by atoms with E-state index < -0.39 is 0 Å². The van der Waals surface area contributed by atoms with Crippen LogP contribution in [0.3, 0.4) is 0 Å². The van der Waals surface area contributed by atoms with Crippen molar-refractivity contribution in [3.05, 3.63) is 23.9 Å². The Bertz CT molecular complexity index is 554. The molecule has 2 fully saturated rings. The maximum absolute atomic E-state index is 12.4. The lowest BCUT2D eigenvalue weighted by atomic mass is 10.2. The van der Waals surface area contributed by atoms with Gasteiger partial charge in [0.1, 0.15) is 18.0 Å². The number of morpholine rings is 1. The van der Waals surface area contributed by atoms with Crippen molar-refractivity contribution in [2.75, 3.05) is 50.8 Å². The van der Waals surface area contributed by atoms with Crippen LogP contribution in [-0.4, -0.2) is 67.8 Å². The van der Waals surface area contributed by atoms with Gasteiger partial charge < -0.3 is 19.9 Å². The summed E-state index contributed by atoms with van der Waals surface area (Å²) in [7, 11) is 0. The fourth-order valence-electron chi connectivity index (χ4n) is 2.72. The molecule has 0 saturated carbocycles. The van der Waals surface area contributed by atoms with Crippen molar-refractivity contribution in [2.45, 2.75) is 6.10 Å². The zero-order valence-electron chi connectivity index (χ0n) is 12.4. The molecule has 0 aromatic carbocycles. The number of anilines is 1. The quantitative estimate of drug-likeness (QED) is 0.800. The summed E-state index contributed by atoms with van der Waals surface area (Å²) in [5.74, 6) is 0.918. The highest BCUT2D eigenvalue weighted by atomic mass is 16.5. The Morgan fingerprint density at radius 2 is 2.18 bits per heavy atom. The number of aromatic nitrogens is 1. The minimum Gasteiger partial charge on any atom is -0.366 e. The minimum absolute atomic E-state index is 0.0691. The van der Waals surface area contributed by atoms with Crippen LogP contribution in [0.25, 0.3) is 0 Å². The van der Waals surface area contributed by atoms with Crippen molar-refractivity contribution in [3.63, 3.8) is 0 Å². The highest BCUT2D eigenvalue weighted by Gasteiger charge is 2.29. The smallest absolute Gasteiger partial charge is 0.253 e. The van der Waals surface area contributed by atoms with Crippen molar-refractivity contribution < 1.29 is 9.53 Å². The summed E-state index contributed by atoms with van der Waals surface area (Å²) < 4.78 is 5.52. The molecule has 7 nitrogen and oxygen atoms in total. The lowest BCUT2D eigenvalue weighted by Gasteiger charge is -2.37. The van der Waals surface area contributed by atoms with Gasteiger partial charge in [0.25, 0.3) is 5.91 Å². The molecule has 1 atom stereocenters. The molecule has 0 radical (unpaired) electrons. The van der Waals surface area contributed by atoms with E-state index in [-0.39, 0.29) is 12.0 Å². The van der Waals surface area contributed by atoms with Crippen LogP contribution in [0.5, 0.6) is 0 Å². The van der Waals surface area contributed by atoms with Crippen molar-refractivity contribution >= 4 is 11.7 Å². The number of hydrogen-bond donors (Lipinski definition) is 1. The third-order valence-corrected chi connectivity index (χ3v) is 4.00. The average Bonchev–Trinajstić information content (AvgIpc) is 2.62. The van der Waals surface area contributed by atoms with E-state index in [1.807, 2.05) is 11.0 Å². The van der Waals surface area contributed by atoms with E-state index >= 15 is 0 Å². The Morgan fingerprint density at radius 3 is 2.77 bits per heavy atom. The first-order valence-corrected chi connectivity index (χ1v) is 7.50. The Labute approximate surface area is 129 Å². The van der Waals surface area contributed by atoms with Crippen LogP contribution in [0.15, 0.2) is 18.3 Å². The molecule has 116 valence electrons. The molecule has 1 aromatic rings. The van der Waals surface area contributed by atoms with Crippen LogP contribution in [0.4, 0.5) is 5.82 Å². The average molecular weight is 301 g/mol. The van der Waals surface area contributed by atoms with E-state index in [0.29, 0.717) is 31.8 Å². The second-order valence-electron chi connectivity index (χ2n) is 5.39. The highest BCUT2D eigenvalue weighted by Crippen LogP contribution is 2.15. The number of pyridine rings is 1. The minimum atomic E-state index is -0.353. The third-order valence-electron chi connectivity index (χ3n) is 4.00.